The van der Waals surface area contributed by atoms with Crippen LogP contribution in [-0.4, -0.2) is 23.5 Å². The van der Waals surface area contributed by atoms with Crippen LogP contribution in [0.15, 0.2) is 5.16 Å². The summed E-state index contributed by atoms with van der Waals surface area (Å²) in [6.45, 7) is 6.92. The number of rotatable bonds is 9. The molecule has 0 heterocycles. The molecule has 4 N–H and O–H groups in total. The molecule has 0 aliphatic heterocycles. The first kappa shape index (κ1) is 17.8. The summed E-state index contributed by atoms with van der Waals surface area (Å²) in [7, 11) is 0. The number of nitrogens with one attached hydrogen (secondary N) is 1. The van der Waals surface area contributed by atoms with E-state index in [1.165, 1.54) is 19.3 Å². The van der Waals surface area contributed by atoms with Crippen LogP contribution < -0.4 is 11.1 Å². The molecule has 1 rings (SSSR count). The number of nitrogens with two attached hydrogens (primary N) is 1. The van der Waals surface area contributed by atoms with E-state index in [1.807, 2.05) is 13.8 Å². The minimum Gasteiger partial charge on any atom is -0.409 e. The fourth-order valence-electron chi connectivity index (χ4n) is 3.44. The molecule has 5 nitrogen and oxygen atoms in total. The number of carbonyl (C=O) groups excluding carboxylic acids is 1. The third-order valence-electron chi connectivity index (χ3n) is 5.17. The monoisotopic (exact) mass is 297 g/mol. The van der Waals surface area contributed by atoms with Gasteiger partial charge in [-0.3, -0.25) is 4.79 Å². The SMILES string of the molecule is CCCC(CCC)(C(=O)NCC1(CC)CCC1)C(N)=NO. The molecule has 1 aliphatic carbocycles. The Balaban J connectivity index is 2.83. The summed E-state index contributed by atoms with van der Waals surface area (Å²) in [5, 5.41) is 15.3. The second kappa shape index (κ2) is 7.66. The number of nitrogens with zero attached hydrogens (tertiary/aromatic N) is 1. The second-order valence-electron chi connectivity index (χ2n) is 6.46. The summed E-state index contributed by atoms with van der Waals surface area (Å²) in [6, 6.07) is 0. The van der Waals surface area contributed by atoms with Gasteiger partial charge >= 0.3 is 0 Å². The summed E-state index contributed by atoms with van der Waals surface area (Å²) in [4.78, 5) is 12.8. The largest absolute Gasteiger partial charge is 0.409 e. The van der Waals surface area contributed by atoms with Crippen molar-refractivity contribution >= 4 is 11.7 Å². The van der Waals surface area contributed by atoms with E-state index in [2.05, 4.69) is 17.4 Å². The van der Waals surface area contributed by atoms with E-state index in [1.54, 1.807) is 0 Å². The Hall–Kier alpha value is -1.26. The summed E-state index contributed by atoms with van der Waals surface area (Å²) >= 11 is 0. The standard InChI is InChI=1S/C16H31N3O2/c1-4-8-16(9-5-2,13(17)19-21)14(20)18-12-15(6-3)10-7-11-15/h21H,4-12H2,1-3H3,(H2,17,19)(H,18,20). The highest BCUT2D eigenvalue weighted by Crippen LogP contribution is 2.43. The Kier molecular flexibility index (Phi) is 6.49. The van der Waals surface area contributed by atoms with Crippen LogP contribution in [0.3, 0.4) is 0 Å². The lowest BCUT2D eigenvalue weighted by molar-refractivity contribution is -0.129. The Labute approximate surface area is 128 Å². The molecule has 0 spiro atoms. The van der Waals surface area contributed by atoms with Gasteiger partial charge in [0.15, 0.2) is 5.84 Å². The van der Waals surface area contributed by atoms with Crippen molar-refractivity contribution in [3.8, 4) is 0 Å². The van der Waals surface area contributed by atoms with Crippen LogP contribution >= 0.6 is 0 Å². The van der Waals surface area contributed by atoms with Crippen LogP contribution in [0.5, 0.6) is 0 Å². The van der Waals surface area contributed by atoms with Crippen LogP contribution in [0.25, 0.3) is 0 Å². The second-order valence-corrected chi connectivity index (χ2v) is 6.46. The van der Waals surface area contributed by atoms with E-state index in [0.29, 0.717) is 19.4 Å². The zero-order valence-electron chi connectivity index (χ0n) is 13.7. The lowest BCUT2D eigenvalue weighted by Gasteiger charge is -2.42. The van der Waals surface area contributed by atoms with Gasteiger partial charge in [-0.25, -0.2) is 0 Å². The quantitative estimate of drug-likeness (QED) is 0.264. The fourth-order valence-corrected chi connectivity index (χ4v) is 3.44. The molecule has 0 radical (unpaired) electrons. The highest BCUT2D eigenvalue weighted by atomic mass is 16.4. The van der Waals surface area contributed by atoms with E-state index in [0.717, 1.165) is 19.3 Å². The van der Waals surface area contributed by atoms with Crippen LogP contribution in [0.1, 0.15) is 72.1 Å². The molecule has 0 aromatic rings. The predicted molar refractivity (Wildman–Crippen MR) is 85.2 cm³/mol. The summed E-state index contributed by atoms with van der Waals surface area (Å²) in [5.74, 6) is -0.0379. The molecule has 0 bridgehead atoms. The van der Waals surface area contributed by atoms with Gasteiger partial charge in [0.1, 0.15) is 5.41 Å². The molecule has 0 saturated heterocycles. The zero-order chi connectivity index (χ0) is 15.9. The molecule has 1 aliphatic rings. The summed E-state index contributed by atoms with van der Waals surface area (Å²) < 4.78 is 0. The topological polar surface area (TPSA) is 87.7 Å². The highest BCUT2D eigenvalue weighted by Gasteiger charge is 2.43. The first-order chi connectivity index (χ1) is 10.00. The van der Waals surface area contributed by atoms with Gasteiger partial charge in [-0.1, -0.05) is 45.2 Å². The Morgan fingerprint density at radius 2 is 1.86 bits per heavy atom. The molecule has 0 aromatic heterocycles. The molecular formula is C16H31N3O2. The fraction of sp³-hybridized carbons (Fsp3) is 0.875. The average molecular weight is 297 g/mol. The molecule has 1 fully saturated rings. The first-order valence-electron chi connectivity index (χ1n) is 8.26. The van der Waals surface area contributed by atoms with E-state index in [9.17, 15) is 4.79 Å². The van der Waals surface area contributed by atoms with Gasteiger partial charge in [0.05, 0.1) is 0 Å². The normalized spacial score (nSPS) is 18.1. The molecule has 1 saturated carbocycles. The summed E-state index contributed by atoms with van der Waals surface area (Å²) in [5.41, 5.74) is 5.29. The van der Waals surface area contributed by atoms with Crippen LogP contribution in [0.2, 0.25) is 0 Å². The van der Waals surface area contributed by atoms with Crippen molar-refractivity contribution in [1.29, 1.82) is 0 Å². The number of amides is 1. The van der Waals surface area contributed by atoms with Crippen LogP contribution in [-0.2, 0) is 4.79 Å². The molecule has 0 unspecified atom stereocenters. The van der Waals surface area contributed by atoms with Gasteiger partial charge in [-0.2, -0.15) is 0 Å². The lowest BCUT2D eigenvalue weighted by Crippen LogP contribution is -2.52. The molecular weight excluding hydrogens is 266 g/mol. The minimum atomic E-state index is -0.864. The van der Waals surface area contributed by atoms with Crippen molar-refractivity contribution in [2.75, 3.05) is 6.54 Å². The van der Waals surface area contributed by atoms with Crippen molar-refractivity contribution < 1.29 is 10.0 Å². The van der Waals surface area contributed by atoms with Crippen LogP contribution in [0.4, 0.5) is 0 Å². The van der Waals surface area contributed by atoms with Gasteiger partial charge < -0.3 is 16.3 Å². The van der Waals surface area contributed by atoms with E-state index in [4.69, 9.17) is 10.9 Å². The van der Waals surface area contributed by atoms with Gasteiger partial charge in [-0.15, -0.1) is 0 Å². The van der Waals surface area contributed by atoms with E-state index in [-0.39, 0.29) is 17.2 Å². The summed E-state index contributed by atoms with van der Waals surface area (Å²) in [6.07, 6.45) is 7.57. The van der Waals surface area contributed by atoms with Crippen molar-refractivity contribution in [2.45, 2.75) is 72.1 Å². The minimum absolute atomic E-state index is 0.0443. The molecule has 0 aromatic carbocycles. The Morgan fingerprint density at radius 3 is 2.19 bits per heavy atom. The average Bonchev–Trinajstić information content (AvgIpc) is 2.45. The third kappa shape index (κ3) is 3.69. The van der Waals surface area contributed by atoms with Crippen molar-refractivity contribution in [2.24, 2.45) is 21.7 Å². The van der Waals surface area contributed by atoms with Crippen molar-refractivity contribution in [3.63, 3.8) is 0 Å². The maximum absolute atomic E-state index is 12.8. The number of amidine groups is 1. The molecule has 0 atom stereocenters. The smallest absolute Gasteiger partial charge is 0.233 e. The lowest BCUT2D eigenvalue weighted by atomic mass is 9.67. The molecule has 122 valence electrons. The van der Waals surface area contributed by atoms with E-state index >= 15 is 0 Å². The van der Waals surface area contributed by atoms with E-state index < -0.39 is 5.41 Å². The van der Waals surface area contributed by atoms with Gasteiger partial charge in [0.25, 0.3) is 0 Å². The molecule has 5 heteroatoms. The maximum Gasteiger partial charge on any atom is 0.233 e. The van der Waals surface area contributed by atoms with Crippen molar-refractivity contribution in [1.82, 2.24) is 5.32 Å². The van der Waals surface area contributed by atoms with Gasteiger partial charge in [0, 0.05) is 6.54 Å². The predicted octanol–water partition coefficient (Wildman–Crippen LogP) is 3.02. The number of hydrogen-bond donors (Lipinski definition) is 3. The van der Waals surface area contributed by atoms with Gasteiger partial charge in [0.2, 0.25) is 5.91 Å². The molecule has 21 heavy (non-hydrogen) atoms. The number of hydrogen-bond acceptors (Lipinski definition) is 3. The van der Waals surface area contributed by atoms with Crippen LogP contribution in [0, 0.1) is 10.8 Å². The maximum atomic E-state index is 12.8. The highest BCUT2D eigenvalue weighted by molar-refractivity contribution is 6.06. The first-order valence-corrected chi connectivity index (χ1v) is 8.26. The number of oxime groups is 1. The zero-order valence-corrected chi connectivity index (χ0v) is 13.7. The Morgan fingerprint density at radius 1 is 1.29 bits per heavy atom. The third-order valence-corrected chi connectivity index (χ3v) is 5.17. The Bertz CT molecular complexity index is 364. The van der Waals surface area contributed by atoms with Crippen molar-refractivity contribution in [3.05, 3.63) is 0 Å². The number of carbonyl (C=O) groups is 1. The molecule has 1 amide bonds. The van der Waals surface area contributed by atoms with Gasteiger partial charge in [-0.05, 0) is 37.5 Å².